The first-order chi connectivity index (χ1) is 6.37. The summed E-state index contributed by atoms with van der Waals surface area (Å²) in [5.74, 6) is -0.592. The minimum absolute atomic E-state index is 0.0771. The Morgan fingerprint density at radius 1 is 1.50 bits per heavy atom. The van der Waals surface area contributed by atoms with E-state index in [4.69, 9.17) is 9.47 Å². The number of ether oxygens (including phenoxy) is 2. The lowest BCUT2D eigenvalue weighted by Crippen LogP contribution is -2.46. The summed E-state index contributed by atoms with van der Waals surface area (Å²) in [6.07, 6.45) is 0.966. The third kappa shape index (κ3) is 1.23. The van der Waals surface area contributed by atoms with Gasteiger partial charge in [-0.25, -0.2) is 0 Å². The van der Waals surface area contributed by atoms with Gasteiger partial charge in [-0.15, -0.1) is 0 Å². The van der Waals surface area contributed by atoms with Gasteiger partial charge >= 0.3 is 0 Å². The van der Waals surface area contributed by atoms with Crippen molar-refractivity contribution < 1.29 is 14.6 Å². The summed E-state index contributed by atoms with van der Waals surface area (Å²) in [6, 6.07) is 0. The fourth-order valence-electron chi connectivity index (χ4n) is 2.60. The average Bonchev–Trinajstić information content (AvgIpc) is 2.45. The van der Waals surface area contributed by atoms with Crippen molar-refractivity contribution in [2.45, 2.75) is 57.2 Å². The molecule has 3 nitrogen and oxygen atoms in total. The Morgan fingerprint density at radius 3 is 2.50 bits per heavy atom. The SMILES string of the molecule is C=C1CCC2(OC(C)(C)OC2C)C1O. The van der Waals surface area contributed by atoms with Crippen molar-refractivity contribution >= 4 is 0 Å². The maximum absolute atomic E-state index is 10.0. The predicted octanol–water partition coefficient (Wildman–Crippen LogP) is 1.61. The van der Waals surface area contributed by atoms with Crippen molar-refractivity contribution in [3.63, 3.8) is 0 Å². The Labute approximate surface area is 84.7 Å². The van der Waals surface area contributed by atoms with Crippen LogP contribution in [0.2, 0.25) is 0 Å². The first kappa shape index (κ1) is 10.1. The summed E-state index contributed by atoms with van der Waals surface area (Å²) < 4.78 is 11.5. The topological polar surface area (TPSA) is 38.7 Å². The molecule has 14 heavy (non-hydrogen) atoms. The van der Waals surface area contributed by atoms with Gasteiger partial charge < -0.3 is 14.6 Å². The van der Waals surface area contributed by atoms with E-state index >= 15 is 0 Å². The van der Waals surface area contributed by atoms with Crippen molar-refractivity contribution in [3.05, 3.63) is 12.2 Å². The third-order valence-electron chi connectivity index (χ3n) is 3.27. The molecule has 2 rings (SSSR count). The fraction of sp³-hybridized carbons (Fsp3) is 0.818. The highest BCUT2D eigenvalue weighted by atomic mass is 16.8. The highest BCUT2D eigenvalue weighted by Crippen LogP contribution is 2.48. The molecule has 1 heterocycles. The van der Waals surface area contributed by atoms with Crippen LogP contribution in [-0.2, 0) is 9.47 Å². The van der Waals surface area contributed by atoms with Crippen LogP contribution >= 0.6 is 0 Å². The zero-order valence-corrected chi connectivity index (χ0v) is 9.04. The van der Waals surface area contributed by atoms with Crippen molar-refractivity contribution in [1.29, 1.82) is 0 Å². The van der Waals surface area contributed by atoms with Gasteiger partial charge in [-0.1, -0.05) is 6.58 Å². The molecule has 1 N–H and O–H groups in total. The van der Waals surface area contributed by atoms with Gasteiger partial charge in [0, 0.05) is 0 Å². The number of aliphatic hydroxyl groups is 1. The Balaban J connectivity index is 2.29. The second-order valence-corrected chi connectivity index (χ2v) is 4.78. The molecular formula is C11H18O3. The second-order valence-electron chi connectivity index (χ2n) is 4.78. The van der Waals surface area contributed by atoms with Crippen LogP contribution < -0.4 is 0 Å². The zero-order chi connectivity index (χ0) is 10.6. The molecule has 80 valence electrons. The lowest BCUT2D eigenvalue weighted by molar-refractivity contribution is -0.175. The molecule has 1 spiro atoms. The van der Waals surface area contributed by atoms with Crippen LogP contribution in [0.15, 0.2) is 12.2 Å². The third-order valence-corrected chi connectivity index (χ3v) is 3.27. The molecule has 2 fully saturated rings. The Bertz CT molecular complexity index is 272. The van der Waals surface area contributed by atoms with Crippen LogP contribution in [0.3, 0.4) is 0 Å². The standard InChI is InChI=1S/C11H18O3/c1-7-5-6-11(9(7)12)8(2)13-10(3,4)14-11/h8-9,12H,1,5-6H2,2-4H3. The van der Waals surface area contributed by atoms with E-state index in [0.717, 1.165) is 18.4 Å². The second kappa shape index (κ2) is 2.81. The number of rotatable bonds is 0. The highest BCUT2D eigenvalue weighted by molar-refractivity contribution is 5.21. The van der Waals surface area contributed by atoms with Crippen LogP contribution in [0.4, 0.5) is 0 Å². The molecule has 0 bridgehead atoms. The lowest BCUT2D eigenvalue weighted by Gasteiger charge is -2.30. The maximum Gasteiger partial charge on any atom is 0.164 e. The summed E-state index contributed by atoms with van der Waals surface area (Å²) in [4.78, 5) is 0. The van der Waals surface area contributed by atoms with E-state index in [-0.39, 0.29) is 6.10 Å². The highest BCUT2D eigenvalue weighted by Gasteiger charge is 2.58. The zero-order valence-electron chi connectivity index (χ0n) is 9.04. The first-order valence-electron chi connectivity index (χ1n) is 5.11. The molecule has 0 aromatic heterocycles. The van der Waals surface area contributed by atoms with E-state index in [1.54, 1.807) is 0 Å². The van der Waals surface area contributed by atoms with E-state index in [1.807, 2.05) is 20.8 Å². The van der Waals surface area contributed by atoms with Gasteiger partial charge in [0.25, 0.3) is 0 Å². The molecule has 0 radical (unpaired) electrons. The van der Waals surface area contributed by atoms with E-state index in [2.05, 4.69) is 6.58 Å². The normalized spacial score (nSPS) is 46.4. The minimum atomic E-state index is -0.592. The summed E-state index contributed by atoms with van der Waals surface area (Å²) in [6.45, 7) is 9.57. The minimum Gasteiger partial charge on any atom is -0.386 e. The van der Waals surface area contributed by atoms with Crippen molar-refractivity contribution in [2.24, 2.45) is 0 Å². The monoisotopic (exact) mass is 198 g/mol. The quantitative estimate of drug-likeness (QED) is 0.601. The van der Waals surface area contributed by atoms with Crippen LogP contribution in [0, 0.1) is 0 Å². The molecular weight excluding hydrogens is 180 g/mol. The Morgan fingerprint density at radius 2 is 2.14 bits per heavy atom. The summed E-state index contributed by atoms with van der Waals surface area (Å²) >= 11 is 0. The van der Waals surface area contributed by atoms with E-state index in [1.165, 1.54) is 0 Å². The van der Waals surface area contributed by atoms with Crippen molar-refractivity contribution in [2.75, 3.05) is 0 Å². The maximum atomic E-state index is 10.0. The van der Waals surface area contributed by atoms with Gasteiger partial charge in [-0.2, -0.15) is 0 Å². The van der Waals surface area contributed by atoms with Crippen LogP contribution in [-0.4, -0.2) is 28.7 Å². The summed E-state index contributed by atoms with van der Waals surface area (Å²) in [5.41, 5.74) is 0.304. The molecule has 3 unspecified atom stereocenters. The smallest absolute Gasteiger partial charge is 0.164 e. The van der Waals surface area contributed by atoms with Crippen molar-refractivity contribution in [3.8, 4) is 0 Å². The molecule has 1 saturated heterocycles. The van der Waals surface area contributed by atoms with Gasteiger partial charge in [0.05, 0.1) is 6.10 Å². The van der Waals surface area contributed by atoms with Gasteiger partial charge in [-0.3, -0.25) is 0 Å². The molecule has 2 aliphatic rings. The molecule has 3 atom stereocenters. The van der Waals surface area contributed by atoms with Crippen LogP contribution in [0.1, 0.15) is 33.6 Å². The molecule has 0 amide bonds. The fourth-order valence-corrected chi connectivity index (χ4v) is 2.60. The molecule has 0 aromatic carbocycles. The summed E-state index contributed by atoms with van der Waals surface area (Å²) in [5, 5.41) is 10.0. The number of aliphatic hydroxyl groups excluding tert-OH is 1. The average molecular weight is 198 g/mol. The molecule has 1 aliphatic carbocycles. The van der Waals surface area contributed by atoms with Crippen LogP contribution in [0.5, 0.6) is 0 Å². The largest absolute Gasteiger partial charge is 0.386 e. The Hall–Kier alpha value is -0.380. The van der Waals surface area contributed by atoms with Gasteiger partial charge in [0.15, 0.2) is 5.79 Å². The molecule has 0 aromatic rings. The van der Waals surface area contributed by atoms with Crippen molar-refractivity contribution in [1.82, 2.24) is 0 Å². The van der Waals surface area contributed by atoms with Crippen LogP contribution in [0.25, 0.3) is 0 Å². The number of hydrogen-bond donors (Lipinski definition) is 1. The van der Waals surface area contributed by atoms with Gasteiger partial charge in [0.1, 0.15) is 11.7 Å². The first-order valence-corrected chi connectivity index (χ1v) is 5.11. The Kier molecular flexibility index (Phi) is 2.04. The van der Waals surface area contributed by atoms with E-state index in [9.17, 15) is 5.11 Å². The summed E-state index contributed by atoms with van der Waals surface area (Å²) in [7, 11) is 0. The van der Waals surface area contributed by atoms with E-state index < -0.39 is 17.5 Å². The molecule has 3 heteroatoms. The molecule has 1 saturated carbocycles. The van der Waals surface area contributed by atoms with E-state index in [0.29, 0.717) is 0 Å². The van der Waals surface area contributed by atoms with Gasteiger partial charge in [-0.05, 0) is 39.2 Å². The predicted molar refractivity (Wildman–Crippen MR) is 52.8 cm³/mol. The number of hydrogen-bond acceptors (Lipinski definition) is 3. The lowest BCUT2D eigenvalue weighted by atomic mass is 9.93. The van der Waals surface area contributed by atoms with Gasteiger partial charge in [0.2, 0.25) is 0 Å². The molecule has 1 aliphatic heterocycles.